The minimum atomic E-state index is -3.96. The van der Waals surface area contributed by atoms with Crippen LogP contribution in [0.3, 0.4) is 0 Å². The van der Waals surface area contributed by atoms with Crippen LogP contribution >= 0.6 is 0 Å². The van der Waals surface area contributed by atoms with Gasteiger partial charge in [-0.3, -0.25) is 9.10 Å². The Labute approximate surface area is 179 Å². The summed E-state index contributed by atoms with van der Waals surface area (Å²) in [4.78, 5) is 13.1. The number of ether oxygens (including phenoxy) is 1. The Kier molecular flexibility index (Phi) is 7.02. The largest absolute Gasteiger partial charge is 0.495 e. The fraction of sp³-hybridized carbons (Fsp3) is 0.435. The Morgan fingerprint density at radius 1 is 1.10 bits per heavy atom. The summed E-state index contributed by atoms with van der Waals surface area (Å²) in [5.41, 5.74) is 1.30. The van der Waals surface area contributed by atoms with Gasteiger partial charge < -0.3 is 10.1 Å². The van der Waals surface area contributed by atoms with Crippen LogP contribution in [-0.2, 0) is 14.8 Å². The van der Waals surface area contributed by atoms with Gasteiger partial charge in [-0.1, -0.05) is 49.6 Å². The minimum Gasteiger partial charge on any atom is -0.495 e. The SMILES string of the molecule is COc1ccccc1N(CC(=O)NC1CCCCC1C)S(=O)(=O)c1ccc(C)cc1. The van der Waals surface area contributed by atoms with Gasteiger partial charge in [-0.2, -0.15) is 0 Å². The molecule has 7 heteroatoms. The quantitative estimate of drug-likeness (QED) is 0.723. The Hall–Kier alpha value is -2.54. The molecule has 6 nitrogen and oxygen atoms in total. The van der Waals surface area contributed by atoms with Gasteiger partial charge in [-0.15, -0.1) is 0 Å². The third-order valence-electron chi connectivity index (χ3n) is 5.71. The first-order chi connectivity index (χ1) is 14.3. The maximum atomic E-state index is 13.5. The maximum absolute atomic E-state index is 13.5. The number of rotatable bonds is 7. The zero-order valence-corrected chi connectivity index (χ0v) is 18.6. The molecular formula is C23H30N2O4S. The second-order valence-electron chi connectivity index (χ2n) is 7.93. The van der Waals surface area contributed by atoms with Gasteiger partial charge in [0.25, 0.3) is 10.0 Å². The Balaban J connectivity index is 1.93. The molecule has 2 aromatic carbocycles. The van der Waals surface area contributed by atoms with Crippen LogP contribution in [0.5, 0.6) is 5.75 Å². The molecule has 2 atom stereocenters. The number of nitrogens with one attached hydrogen (secondary N) is 1. The van der Waals surface area contributed by atoms with Crippen LogP contribution in [0.25, 0.3) is 0 Å². The highest BCUT2D eigenvalue weighted by Crippen LogP contribution is 2.32. The smallest absolute Gasteiger partial charge is 0.264 e. The summed E-state index contributed by atoms with van der Waals surface area (Å²) < 4.78 is 33.5. The molecule has 1 N–H and O–H groups in total. The second-order valence-corrected chi connectivity index (χ2v) is 9.79. The lowest BCUT2D eigenvalue weighted by Gasteiger charge is -2.31. The van der Waals surface area contributed by atoms with Crippen LogP contribution in [0.15, 0.2) is 53.4 Å². The molecular weight excluding hydrogens is 400 g/mol. The molecule has 3 rings (SSSR count). The average Bonchev–Trinajstić information content (AvgIpc) is 2.74. The number of hydrogen-bond donors (Lipinski definition) is 1. The van der Waals surface area contributed by atoms with E-state index in [1.54, 1.807) is 48.5 Å². The number of aryl methyl sites for hydroxylation is 1. The predicted octanol–water partition coefficient (Wildman–Crippen LogP) is 3.89. The molecule has 1 saturated carbocycles. The standard InChI is InChI=1S/C23H30N2O4S/c1-17-12-14-19(15-13-17)30(27,28)25(21-10-6-7-11-22(21)29-3)16-23(26)24-20-9-5-4-8-18(20)2/h6-7,10-15,18,20H,4-5,8-9,16H2,1-3H3,(H,24,26). The summed E-state index contributed by atoms with van der Waals surface area (Å²) in [5, 5.41) is 3.05. The van der Waals surface area contributed by atoms with E-state index in [0.717, 1.165) is 29.1 Å². The van der Waals surface area contributed by atoms with Crippen molar-refractivity contribution in [3.8, 4) is 5.75 Å². The molecule has 0 heterocycles. The number of hydrogen-bond acceptors (Lipinski definition) is 4. The van der Waals surface area contributed by atoms with Crippen molar-refractivity contribution in [1.82, 2.24) is 5.32 Å². The van der Waals surface area contributed by atoms with Crippen LogP contribution in [0.2, 0.25) is 0 Å². The van der Waals surface area contributed by atoms with Gasteiger partial charge in [0.15, 0.2) is 0 Å². The van der Waals surface area contributed by atoms with Crippen molar-refractivity contribution >= 4 is 21.6 Å². The summed E-state index contributed by atoms with van der Waals surface area (Å²) in [6, 6.07) is 13.5. The number of methoxy groups -OCH3 is 1. The molecule has 0 bridgehead atoms. The van der Waals surface area contributed by atoms with E-state index in [4.69, 9.17) is 4.74 Å². The van der Waals surface area contributed by atoms with Gasteiger partial charge in [0.2, 0.25) is 5.91 Å². The normalized spacial score (nSPS) is 19.2. The summed E-state index contributed by atoms with van der Waals surface area (Å²) in [6.45, 7) is 3.72. The Morgan fingerprint density at radius 2 is 1.77 bits per heavy atom. The Bertz CT molecular complexity index is 973. The summed E-state index contributed by atoms with van der Waals surface area (Å²) in [7, 11) is -2.47. The molecule has 0 aliphatic heterocycles. The first-order valence-electron chi connectivity index (χ1n) is 10.3. The van der Waals surface area contributed by atoms with E-state index in [1.807, 2.05) is 6.92 Å². The molecule has 1 fully saturated rings. The van der Waals surface area contributed by atoms with E-state index in [2.05, 4.69) is 12.2 Å². The number of nitrogens with zero attached hydrogens (tertiary/aromatic N) is 1. The van der Waals surface area contributed by atoms with Crippen LogP contribution in [0.4, 0.5) is 5.69 Å². The van der Waals surface area contributed by atoms with Crippen LogP contribution < -0.4 is 14.4 Å². The van der Waals surface area contributed by atoms with Gasteiger partial charge in [-0.05, 0) is 49.9 Å². The van der Waals surface area contributed by atoms with Crippen molar-refractivity contribution in [3.05, 3.63) is 54.1 Å². The van der Waals surface area contributed by atoms with Crippen molar-refractivity contribution in [2.45, 2.75) is 50.5 Å². The first-order valence-corrected chi connectivity index (χ1v) is 11.8. The minimum absolute atomic E-state index is 0.0767. The zero-order valence-electron chi connectivity index (χ0n) is 17.8. The van der Waals surface area contributed by atoms with E-state index in [1.165, 1.54) is 13.5 Å². The third kappa shape index (κ3) is 4.95. The molecule has 1 aliphatic rings. The third-order valence-corrected chi connectivity index (χ3v) is 7.48. The van der Waals surface area contributed by atoms with E-state index in [-0.39, 0.29) is 23.4 Å². The molecule has 1 aliphatic carbocycles. The van der Waals surface area contributed by atoms with Crippen molar-refractivity contribution in [2.24, 2.45) is 5.92 Å². The number of sulfonamides is 1. The summed E-state index contributed by atoms with van der Waals surface area (Å²) in [5.74, 6) is 0.471. The van der Waals surface area contributed by atoms with E-state index < -0.39 is 10.0 Å². The van der Waals surface area contributed by atoms with Crippen molar-refractivity contribution in [1.29, 1.82) is 0 Å². The molecule has 162 valence electrons. The van der Waals surface area contributed by atoms with E-state index >= 15 is 0 Å². The van der Waals surface area contributed by atoms with Crippen LogP contribution in [0, 0.1) is 12.8 Å². The van der Waals surface area contributed by atoms with Gasteiger partial charge >= 0.3 is 0 Å². The fourth-order valence-electron chi connectivity index (χ4n) is 3.89. The van der Waals surface area contributed by atoms with Crippen molar-refractivity contribution in [3.63, 3.8) is 0 Å². The first kappa shape index (κ1) is 22.2. The summed E-state index contributed by atoms with van der Waals surface area (Å²) >= 11 is 0. The fourth-order valence-corrected chi connectivity index (χ4v) is 5.32. The molecule has 1 amide bonds. The monoisotopic (exact) mass is 430 g/mol. The molecule has 0 saturated heterocycles. The number of carbonyl (C=O) groups is 1. The van der Waals surface area contributed by atoms with Crippen molar-refractivity contribution in [2.75, 3.05) is 18.0 Å². The number of amides is 1. The molecule has 0 spiro atoms. The lowest BCUT2D eigenvalue weighted by Crippen LogP contribution is -2.47. The lowest BCUT2D eigenvalue weighted by atomic mass is 9.86. The van der Waals surface area contributed by atoms with Gasteiger partial charge in [0, 0.05) is 6.04 Å². The molecule has 30 heavy (non-hydrogen) atoms. The molecule has 2 unspecified atom stereocenters. The van der Waals surface area contributed by atoms with Gasteiger partial charge in [-0.25, -0.2) is 8.42 Å². The van der Waals surface area contributed by atoms with Crippen LogP contribution in [0.1, 0.15) is 38.2 Å². The van der Waals surface area contributed by atoms with E-state index in [0.29, 0.717) is 17.4 Å². The number of para-hydroxylation sites is 2. The second kappa shape index (κ2) is 9.51. The zero-order chi connectivity index (χ0) is 21.7. The van der Waals surface area contributed by atoms with Gasteiger partial charge in [0.1, 0.15) is 12.3 Å². The maximum Gasteiger partial charge on any atom is 0.264 e. The number of carbonyl (C=O) groups excluding carboxylic acids is 1. The highest BCUT2D eigenvalue weighted by Gasteiger charge is 2.31. The molecule has 2 aromatic rings. The predicted molar refractivity (Wildman–Crippen MR) is 118 cm³/mol. The average molecular weight is 431 g/mol. The van der Waals surface area contributed by atoms with Gasteiger partial charge in [0.05, 0.1) is 17.7 Å². The highest BCUT2D eigenvalue weighted by atomic mass is 32.2. The topological polar surface area (TPSA) is 75.7 Å². The van der Waals surface area contributed by atoms with Crippen LogP contribution in [-0.4, -0.2) is 34.0 Å². The highest BCUT2D eigenvalue weighted by molar-refractivity contribution is 7.92. The summed E-state index contributed by atoms with van der Waals surface area (Å²) in [6.07, 6.45) is 4.24. The number of benzene rings is 2. The number of anilines is 1. The van der Waals surface area contributed by atoms with Crippen molar-refractivity contribution < 1.29 is 17.9 Å². The lowest BCUT2D eigenvalue weighted by molar-refractivity contribution is -0.120. The molecule has 0 radical (unpaired) electrons. The molecule has 0 aromatic heterocycles. The van der Waals surface area contributed by atoms with E-state index in [9.17, 15) is 13.2 Å². The Morgan fingerprint density at radius 3 is 2.43 bits per heavy atom.